The molecule has 0 spiro atoms. The van der Waals surface area contributed by atoms with E-state index < -0.39 is 11.9 Å². The number of imidazole rings is 2. The fraction of sp³-hybridized carbons (Fsp3) is 0. The van der Waals surface area contributed by atoms with Crippen LogP contribution in [0.4, 0.5) is 0 Å². The minimum absolute atomic E-state index is 0. The molecule has 2 aromatic rings. The second kappa shape index (κ2) is 8.01. The molecule has 0 atom stereocenters. The Morgan fingerprint density at radius 2 is 1.29 bits per heavy atom. The smallest absolute Gasteiger partial charge is 0.542 e. The maximum Gasteiger partial charge on any atom is 2.00 e. The summed E-state index contributed by atoms with van der Waals surface area (Å²) in [5, 5.41) is 19.7. The van der Waals surface area contributed by atoms with Gasteiger partial charge in [-0.05, 0) is 0 Å². The number of aromatic carboxylic acids is 2. The van der Waals surface area contributed by atoms with E-state index in [9.17, 15) is 19.8 Å². The van der Waals surface area contributed by atoms with E-state index in [4.69, 9.17) is 0 Å². The van der Waals surface area contributed by atoms with Gasteiger partial charge >= 0.3 is 45.5 Å². The van der Waals surface area contributed by atoms with Gasteiger partial charge in [0.05, 0.1) is 0 Å². The van der Waals surface area contributed by atoms with Gasteiger partial charge in [-0.25, -0.2) is 9.97 Å². The Morgan fingerprint density at radius 1 is 0.941 bits per heavy atom. The van der Waals surface area contributed by atoms with Crippen molar-refractivity contribution in [1.29, 1.82) is 0 Å². The van der Waals surface area contributed by atoms with Crippen molar-refractivity contribution in [2.45, 2.75) is 0 Å². The van der Waals surface area contributed by atoms with Gasteiger partial charge in [0, 0.05) is 24.8 Å². The van der Waals surface area contributed by atoms with Crippen LogP contribution in [0.1, 0.15) is 21.2 Å². The van der Waals surface area contributed by atoms with Gasteiger partial charge in [0.15, 0.2) is 11.6 Å². The number of rotatable bonds is 2. The summed E-state index contributed by atoms with van der Waals surface area (Å²) < 4.78 is 0. The molecule has 0 saturated carbocycles. The van der Waals surface area contributed by atoms with Crippen LogP contribution in [0.5, 0.6) is 0 Å². The molecule has 0 amide bonds. The van der Waals surface area contributed by atoms with Crippen molar-refractivity contribution >= 4 is 57.4 Å². The van der Waals surface area contributed by atoms with Crippen LogP contribution in [0.15, 0.2) is 24.8 Å². The van der Waals surface area contributed by atoms with Crippen LogP contribution >= 0.6 is 0 Å². The summed E-state index contributed by atoms with van der Waals surface area (Å²) in [6, 6.07) is 0. The first-order valence-corrected chi connectivity index (χ1v) is 4.02. The normalized spacial score (nSPS) is 8.47. The molecular weight excluding hydrogens is 304 g/mol. The minimum atomic E-state index is -1.28. The monoisotopic (exact) mass is 310 g/mol. The molecule has 2 heterocycles. The molecule has 0 fully saturated rings. The molecule has 17 heavy (non-hydrogen) atoms. The number of carboxylic acids is 2. The van der Waals surface area contributed by atoms with Crippen molar-refractivity contribution in [3.05, 3.63) is 36.4 Å². The molecule has 9 heteroatoms. The van der Waals surface area contributed by atoms with Gasteiger partial charge < -0.3 is 29.8 Å². The molecule has 84 valence electrons. The first kappa shape index (κ1) is 15.8. The van der Waals surface area contributed by atoms with E-state index in [1.54, 1.807) is 0 Å². The predicted molar refractivity (Wildman–Crippen MR) is 51.6 cm³/mol. The number of hydrogen-bond acceptors (Lipinski definition) is 6. The molecule has 0 aliphatic carbocycles. The molecular formula is C8H6N4O4Sr. The summed E-state index contributed by atoms with van der Waals surface area (Å²) in [5.74, 6) is -2.83. The molecule has 0 bridgehead atoms. The van der Waals surface area contributed by atoms with Gasteiger partial charge in [-0.1, -0.05) is 0 Å². The Labute approximate surface area is 132 Å². The Kier molecular flexibility index (Phi) is 7.46. The number of hydrogen-bond donors (Lipinski definition) is 2. The van der Waals surface area contributed by atoms with Crippen LogP contribution in [0.2, 0.25) is 0 Å². The number of aromatic nitrogens is 4. The maximum absolute atomic E-state index is 9.86. The van der Waals surface area contributed by atoms with Crippen molar-refractivity contribution in [3.63, 3.8) is 0 Å². The minimum Gasteiger partial charge on any atom is -0.542 e. The molecule has 0 unspecified atom stereocenters. The van der Waals surface area contributed by atoms with E-state index in [-0.39, 0.29) is 57.1 Å². The number of carbonyl (C=O) groups is 2. The number of carboxylic acid groups (broad SMARTS) is 2. The van der Waals surface area contributed by atoms with E-state index in [1.165, 1.54) is 24.8 Å². The topological polar surface area (TPSA) is 138 Å². The molecule has 0 radical (unpaired) electrons. The van der Waals surface area contributed by atoms with Crippen LogP contribution in [0.25, 0.3) is 0 Å². The third kappa shape index (κ3) is 5.63. The molecule has 2 rings (SSSR count). The number of carbonyl (C=O) groups excluding carboxylic acids is 2. The third-order valence-electron chi connectivity index (χ3n) is 1.38. The predicted octanol–water partition coefficient (Wildman–Crippen LogP) is -2.83. The summed E-state index contributed by atoms with van der Waals surface area (Å²) in [6.45, 7) is 0. The maximum atomic E-state index is 9.86. The fourth-order valence-electron chi connectivity index (χ4n) is 0.754. The van der Waals surface area contributed by atoms with Gasteiger partial charge in [0.25, 0.3) is 0 Å². The summed E-state index contributed by atoms with van der Waals surface area (Å²) in [4.78, 5) is 31.2. The Morgan fingerprint density at radius 3 is 1.41 bits per heavy atom. The molecule has 0 aliphatic rings. The van der Waals surface area contributed by atoms with Crippen molar-refractivity contribution in [3.8, 4) is 0 Å². The van der Waals surface area contributed by atoms with Crippen molar-refractivity contribution in [1.82, 2.24) is 19.9 Å². The van der Waals surface area contributed by atoms with Crippen LogP contribution in [0, 0.1) is 0 Å². The summed E-state index contributed by atoms with van der Waals surface area (Å²) in [5.41, 5.74) is 0. The second-order valence-corrected chi connectivity index (χ2v) is 2.45. The van der Waals surface area contributed by atoms with Gasteiger partial charge in [0.2, 0.25) is 0 Å². The first-order valence-electron chi connectivity index (χ1n) is 4.02. The van der Waals surface area contributed by atoms with E-state index in [2.05, 4.69) is 19.9 Å². The quantitative estimate of drug-likeness (QED) is 0.573. The van der Waals surface area contributed by atoms with E-state index >= 15 is 0 Å². The number of aromatic amines is 2. The van der Waals surface area contributed by atoms with E-state index in [0.717, 1.165) is 0 Å². The zero-order valence-corrected chi connectivity index (χ0v) is 12.0. The zero-order valence-electron chi connectivity index (χ0n) is 8.54. The van der Waals surface area contributed by atoms with Gasteiger partial charge in [0.1, 0.15) is 11.9 Å². The number of nitrogens with one attached hydrogen (secondary N) is 2. The molecule has 0 aliphatic heterocycles. The third-order valence-corrected chi connectivity index (χ3v) is 1.38. The first-order chi connectivity index (χ1) is 7.61. The SMILES string of the molecule is O=C([O-])c1ncc[nH]1.O=C([O-])c1ncc[nH]1.[Sr+2]. The average Bonchev–Trinajstić information content (AvgIpc) is 2.93. The van der Waals surface area contributed by atoms with Gasteiger partial charge in [-0.2, -0.15) is 0 Å². The molecule has 2 aromatic heterocycles. The Hall–Kier alpha value is -1.16. The second-order valence-electron chi connectivity index (χ2n) is 2.45. The fourth-order valence-corrected chi connectivity index (χ4v) is 0.754. The summed E-state index contributed by atoms with van der Waals surface area (Å²) >= 11 is 0. The van der Waals surface area contributed by atoms with Crippen LogP contribution in [-0.4, -0.2) is 77.4 Å². The standard InChI is InChI=1S/2C4H4N2O2.Sr/c2*7-4(8)3-5-1-2-6-3;/h2*1-2H,(H,5,6)(H,7,8);/q;;+2/p-2. The average molecular weight is 310 g/mol. The zero-order chi connectivity index (χ0) is 12.0. The van der Waals surface area contributed by atoms with E-state index in [1.807, 2.05) is 0 Å². The van der Waals surface area contributed by atoms with Crippen molar-refractivity contribution < 1.29 is 19.8 Å². The number of nitrogens with zero attached hydrogens (tertiary/aromatic N) is 2. The van der Waals surface area contributed by atoms with Crippen molar-refractivity contribution in [2.75, 3.05) is 0 Å². The molecule has 0 saturated heterocycles. The Balaban J connectivity index is 0.000000284. The summed E-state index contributed by atoms with van der Waals surface area (Å²) in [6.07, 6.45) is 5.55. The van der Waals surface area contributed by atoms with E-state index in [0.29, 0.717) is 0 Å². The van der Waals surface area contributed by atoms with Gasteiger partial charge in [-0.3, -0.25) is 0 Å². The van der Waals surface area contributed by atoms with Crippen LogP contribution in [-0.2, 0) is 0 Å². The Bertz CT molecular complexity index is 410. The van der Waals surface area contributed by atoms with Crippen LogP contribution < -0.4 is 10.2 Å². The number of H-pyrrole nitrogens is 2. The molecule has 2 N–H and O–H groups in total. The van der Waals surface area contributed by atoms with Crippen molar-refractivity contribution in [2.24, 2.45) is 0 Å². The largest absolute Gasteiger partial charge is 2.00 e. The molecule has 8 nitrogen and oxygen atoms in total. The van der Waals surface area contributed by atoms with Crippen LogP contribution in [0.3, 0.4) is 0 Å². The van der Waals surface area contributed by atoms with Gasteiger partial charge in [-0.15, -0.1) is 0 Å². The molecule has 0 aromatic carbocycles. The summed E-state index contributed by atoms with van der Waals surface area (Å²) in [7, 11) is 0.